The highest BCUT2D eigenvalue weighted by atomic mass is 16.6. The number of hydrogen-bond donors (Lipinski definition) is 1. The lowest BCUT2D eigenvalue weighted by Gasteiger charge is -2.20. The van der Waals surface area contributed by atoms with Crippen LogP contribution in [0, 0.1) is 13.8 Å². The van der Waals surface area contributed by atoms with Crippen LogP contribution >= 0.6 is 0 Å². The van der Waals surface area contributed by atoms with Crippen LogP contribution in [0.5, 0.6) is 23.1 Å². The molecule has 4 aromatic rings. The van der Waals surface area contributed by atoms with E-state index in [4.69, 9.17) is 23.9 Å². The van der Waals surface area contributed by atoms with E-state index >= 15 is 0 Å². The minimum Gasteiger partial charge on any atom is -0.497 e. The second kappa shape index (κ2) is 13.7. The van der Waals surface area contributed by atoms with Crippen LogP contribution in [0.25, 0.3) is 11.3 Å². The van der Waals surface area contributed by atoms with Crippen molar-refractivity contribution in [1.82, 2.24) is 14.9 Å². The van der Waals surface area contributed by atoms with Crippen LogP contribution in [0.4, 0.5) is 22.1 Å². The average molecular weight is 572 g/mol. The van der Waals surface area contributed by atoms with E-state index in [1.54, 1.807) is 38.4 Å². The first-order chi connectivity index (χ1) is 20.2. The van der Waals surface area contributed by atoms with Gasteiger partial charge in [0.05, 0.1) is 25.6 Å². The molecule has 4 rings (SSSR count). The number of rotatable bonds is 11. The Morgan fingerprint density at radius 3 is 2.31 bits per heavy atom. The quantitative estimate of drug-likeness (QED) is 0.229. The summed E-state index contributed by atoms with van der Waals surface area (Å²) >= 11 is 0. The maximum Gasteiger partial charge on any atom is 0.420 e. The molecule has 0 saturated carbocycles. The Bertz CT molecular complexity index is 1520. The van der Waals surface area contributed by atoms with Crippen molar-refractivity contribution in [2.75, 3.05) is 58.7 Å². The van der Waals surface area contributed by atoms with Gasteiger partial charge in [-0.15, -0.1) is 0 Å². The molecule has 10 heteroatoms. The number of carbonyl (C=O) groups is 1. The molecule has 10 nitrogen and oxygen atoms in total. The van der Waals surface area contributed by atoms with Gasteiger partial charge >= 0.3 is 6.09 Å². The van der Waals surface area contributed by atoms with Crippen LogP contribution in [0.3, 0.4) is 0 Å². The molecule has 0 aliphatic heterocycles. The molecule has 1 N–H and O–H groups in total. The molecule has 0 radical (unpaired) electrons. The van der Waals surface area contributed by atoms with Crippen LogP contribution in [0.1, 0.15) is 11.1 Å². The van der Waals surface area contributed by atoms with Gasteiger partial charge in [0.2, 0.25) is 11.8 Å². The highest BCUT2D eigenvalue weighted by Gasteiger charge is 2.20. The first-order valence-corrected chi connectivity index (χ1v) is 13.5. The van der Waals surface area contributed by atoms with Crippen LogP contribution in [-0.2, 0) is 0 Å². The molecule has 0 aliphatic rings. The lowest BCUT2D eigenvalue weighted by Crippen LogP contribution is -2.30. The van der Waals surface area contributed by atoms with Crippen molar-refractivity contribution in [3.05, 3.63) is 77.9 Å². The zero-order valence-electron chi connectivity index (χ0n) is 25.1. The fraction of sp³-hybridized carbons (Fsp3) is 0.281. The van der Waals surface area contributed by atoms with E-state index in [1.807, 2.05) is 70.4 Å². The van der Waals surface area contributed by atoms with Gasteiger partial charge in [-0.25, -0.2) is 9.78 Å². The number of anilines is 3. The fourth-order valence-corrected chi connectivity index (χ4v) is 4.13. The molecule has 3 aromatic carbocycles. The molecule has 42 heavy (non-hydrogen) atoms. The second-order valence-corrected chi connectivity index (χ2v) is 9.93. The average Bonchev–Trinajstić information content (AvgIpc) is 2.98. The van der Waals surface area contributed by atoms with E-state index in [0.29, 0.717) is 29.5 Å². The summed E-state index contributed by atoms with van der Waals surface area (Å²) in [7, 11) is 8.69. The number of likely N-dealkylation sites (N-methyl/N-ethyl adjacent to an activating group) is 1. The van der Waals surface area contributed by atoms with E-state index in [9.17, 15) is 4.79 Å². The van der Waals surface area contributed by atoms with Gasteiger partial charge in [-0.05, 0) is 75.5 Å². The normalized spacial score (nSPS) is 10.8. The maximum atomic E-state index is 13.3. The number of ether oxygens (including phenoxy) is 4. The predicted molar refractivity (Wildman–Crippen MR) is 165 cm³/mol. The molecule has 0 bridgehead atoms. The molecule has 1 aromatic heterocycles. The van der Waals surface area contributed by atoms with Crippen LogP contribution in [0.15, 0.2) is 66.7 Å². The maximum absolute atomic E-state index is 13.3. The molecule has 0 aliphatic carbocycles. The molecule has 1 amide bonds. The standard InChI is InChI=1S/C32H37N5O5/c1-21-9-8-10-26(22(21)2)27-20-30(42-32(38)37(5)28-16-15-25(39-6)19-29(28)40-7)35-31(34-27)33-23-11-13-24(14-12-23)41-18-17-36(3)4/h8-16,19-20H,17-18H2,1-7H3,(H,33,34,35). The lowest BCUT2D eigenvalue weighted by atomic mass is 10.0. The smallest absolute Gasteiger partial charge is 0.420 e. The van der Waals surface area contributed by atoms with Gasteiger partial charge in [0, 0.05) is 37.0 Å². The SMILES string of the molecule is COc1ccc(N(C)C(=O)Oc2cc(-c3cccc(C)c3C)nc(Nc3ccc(OCCN(C)C)cc3)n2)c(OC)c1. The van der Waals surface area contributed by atoms with Crippen LogP contribution in [-0.4, -0.2) is 69.5 Å². The highest BCUT2D eigenvalue weighted by Crippen LogP contribution is 2.33. The van der Waals surface area contributed by atoms with Gasteiger partial charge in [-0.1, -0.05) is 18.2 Å². The summed E-state index contributed by atoms with van der Waals surface area (Å²) in [6, 6.07) is 20.3. The zero-order valence-corrected chi connectivity index (χ0v) is 25.1. The van der Waals surface area contributed by atoms with Crippen molar-refractivity contribution in [1.29, 1.82) is 0 Å². The third-order valence-corrected chi connectivity index (χ3v) is 6.71. The van der Waals surface area contributed by atoms with Gasteiger partial charge in [0.25, 0.3) is 0 Å². The van der Waals surface area contributed by atoms with Crippen molar-refractivity contribution in [2.45, 2.75) is 13.8 Å². The lowest BCUT2D eigenvalue weighted by molar-refractivity contribution is 0.207. The summed E-state index contributed by atoms with van der Waals surface area (Å²) in [6.07, 6.45) is -0.644. The van der Waals surface area contributed by atoms with Crippen molar-refractivity contribution in [2.24, 2.45) is 0 Å². The van der Waals surface area contributed by atoms with E-state index in [-0.39, 0.29) is 11.8 Å². The van der Waals surface area contributed by atoms with E-state index in [0.717, 1.165) is 34.7 Å². The topological polar surface area (TPSA) is 98.3 Å². The zero-order chi connectivity index (χ0) is 30.2. The number of amides is 1. The Morgan fingerprint density at radius 2 is 1.62 bits per heavy atom. The Hall–Kier alpha value is -4.83. The minimum atomic E-state index is -0.644. The summed E-state index contributed by atoms with van der Waals surface area (Å²) in [5.41, 5.74) is 4.98. The van der Waals surface area contributed by atoms with E-state index in [2.05, 4.69) is 15.2 Å². The number of aromatic nitrogens is 2. The van der Waals surface area contributed by atoms with Crippen molar-refractivity contribution >= 4 is 23.4 Å². The molecule has 0 atom stereocenters. The Morgan fingerprint density at radius 1 is 0.881 bits per heavy atom. The fourth-order valence-electron chi connectivity index (χ4n) is 4.13. The van der Waals surface area contributed by atoms with Gasteiger partial charge in [0.1, 0.15) is 23.9 Å². The number of methoxy groups -OCH3 is 2. The summed E-state index contributed by atoms with van der Waals surface area (Å²) in [6.45, 7) is 5.48. The van der Waals surface area contributed by atoms with Gasteiger partial charge in [0.15, 0.2) is 0 Å². The molecular weight excluding hydrogens is 534 g/mol. The highest BCUT2D eigenvalue weighted by molar-refractivity contribution is 5.90. The summed E-state index contributed by atoms with van der Waals surface area (Å²) in [5, 5.41) is 3.23. The van der Waals surface area contributed by atoms with Gasteiger partial charge in [-0.2, -0.15) is 4.98 Å². The summed E-state index contributed by atoms with van der Waals surface area (Å²) < 4.78 is 22.3. The Balaban J connectivity index is 1.62. The second-order valence-electron chi connectivity index (χ2n) is 9.93. The molecular formula is C32H37N5O5. The molecule has 0 fully saturated rings. The van der Waals surface area contributed by atoms with Crippen LogP contribution in [0.2, 0.25) is 0 Å². The van der Waals surface area contributed by atoms with Crippen molar-refractivity contribution in [3.63, 3.8) is 0 Å². The van der Waals surface area contributed by atoms with E-state index < -0.39 is 6.09 Å². The summed E-state index contributed by atoms with van der Waals surface area (Å²) in [5.74, 6) is 2.21. The monoisotopic (exact) mass is 571 g/mol. The summed E-state index contributed by atoms with van der Waals surface area (Å²) in [4.78, 5) is 25.9. The number of aryl methyl sites for hydroxylation is 1. The third kappa shape index (κ3) is 7.46. The largest absolute Gasteiger partial charge is 0.497 e. The predicted octanol–water partition coefficient (Wildman–Crippen LogP) is 6.10. The van der Waals surface area contributed by atoms with Crippen molar-refractivity contribution < 1.29 is 23.7 Å². The van der Waals surface area contributed by atoms with Crippen LogP contribution < -0.4 is 29.2 Å². The first kappa shape index (κ1) is 30.1. The molecule has 220 valence electrons. The minimum absolute atomic E-state index is 0.0939. The number of carbonyl (C=O) groups excluding carboxylic acids is 1. The number of hydrogen-bond acceptors (Lipinski definition) is 9. The van der Waals surface area contributed by atoms with E-state index in [1.165, 1.54) is 12.0 Å². The Labute approximate surface area is 246 Å². The van der Waals surface area contributed by atoms with Crippen molar-refractivity contribution in [3.8, 4) is 34.4 Å². The molecule has 0 spiro atoms. The van der Waals surface area contributed by atoms with Gasteiger partial charge in [-0.3, -0.25) is 4.90 Å². The molecule has 0 unspecified atom stereocenters. The molecule has 0 saturated heterocycles. The van der Waals surface area contributed by atoms with Gasteiger partial charge < -0.3 is 29.2 Å². The molecule has 1 heterocycles. The number of benzene rings is 3. The third-order valence-electron chi connectivity index (χ3n) is 6.71. The Kier molecular flexibility index (Phi) is 9.82. The number of nitrogens with zero attached hydrogens (tertiary/aromatic N) is 4. The first-order valence-electron chi connectivity index (χ1n) is 13.5. The number of nitrogens with one attached hydrogen (secondary N) is 1.